The highest BCUT2D eigenvalue weighted by Crippen LogP contribution is 2.06. The van der Waals surface area contributed by atoms with Crippen LogP contribution in [-0.4, -0.2) is 0 Å². The maximum atomic E-state index is 5.61. The quantitative estimate of drug-likeness (QED) is 0.825. The summed E-state index contributed by atoms with van der Waals surface area (Å²) in [4.78, 5) is 0. The van der Waals surface area contributed by atoms with Gasteiger partial charge < -0.3 is 5.73 Å². The number of nitrogens with two attached hydrogens (primary N) is 1. The van der Waals surface area contributed by atoms with E-state index in [0.717, 1.165) is 6.42 Å². The summed E-state index contributed by atoms with van der Waals surface area (Å²) >= 11 is 0. The van der Waals surface area contributed by atoms with Gasteiger partial charge in [-0.05, 0) is 24.5 Å². The SMILES string of the molecule is CC(N)c1ccccc1.CCc1ccccc1. The van der Waals surface area contributed by atoms with Gasteiger partial charge in [-0.2, -0.15) is 0 Å². The molecule has 2 rings (SSSR count). The van der Waals surface area contributed by atoms with Crippen molar-refractivity contribution in [1.29, 1.82) is 0 Å². The van der Waals surface area contributed by atoms with Gasteiger partial charge in [-0.3, -0.25) is 0 Å². The van der Waals surface area contributed by atoms with Gasteiger partial charge in [0.25, 0.3) is 0 Å². The van der Waals surface area contributed by atoms with Crippen LogP contribution in [0.3, 0.4) is 0 Å². The molecule has 90 valence electrons. The Balaban J connectivity index is 0.000000171. The van der Waals surface area contributed by atoms with E-state index in [4.69, 9.17) is 5.73 Å². The first kappa shape index (κ1) is 13.5. The molecule has 17 heavy (non-hydrogen) atoms. The van der Waals surface area contributed by atoms with E-state index in [1.165, 1.54) is 11.1 Å². The molecular formula is C16H21N. The Morgan fingerprint density at radius 2 is 1.35 bits per heavy atom. The third-order valence-corrected chi connectivity index (χ3v) is 2.58. The van der Waals surface area contributed by atoms with Gasteiger partial charge in [-0.25, -0.2) is 0 Å². The van der Waals surface area contributed by atoms with Crippen molar-refractivity contribution in [3.8, 4) is 0 Å². The van der Waals surface area contributed by atoms with E-state index >= 15 is 0 Å². The third kappa shape index (κ3) is 5.32. The Kier molecular flexibility index (Phi) is 6.05. The lowest BCUT2D eigenvalue weighted by Crippen LogP contribution is -2.03. The topological polar surface area (TPSA) is 26.0 Å². The molecule has 2 aromatic rings. The first-order chi connectivity index (χ1) is 8.24. The van der Waals surface area contributed by atoms with Crippen LogP contribution in [0.15, 0.2) is 60.7 Å². The molecule has 2 aromatic carbocycles. The zero-order valence-electron chi connectivity index (χ0n) is 10.6. The van der Waals surface area contributed by atoms with E-state index in [1.807, 2.05) is 43.3 Å². The van der Waals surface area contributed by atoms with Gasteiger partial charge in [0.2, 0.25) is 0 Å². The van der Waals surface area contributed by atoms with E-state index in [0.29, 0.717) is 0 Å². The molecule has 1 atom stereocenters. The van der Waals surface area contributed by atoms with Gasteiger partial charge in [-0.1, -0.05) is 67.6 Å². The lowest BCUT2D eigenvalue weighted by atomic mass is 10.1. The molecule has 0 aromatic heterocycles. The second-order valence-corrected chi connectivity index (χ2v) is 4.04. The lowest BCUT2D eigenvalue weighted by molar-refractivity contribution is 0.818. The van der Waals surface area contributed by atoms with Crippen molar-refractivity contribution in [2.75, 3.05) is 0 Å². The van der Waals surface area contributed by atoms with Gasteiger partial charge in [0, 0.05) is 6.04 Å². The van der Waals surface area contributed by atoms with Gasteiger partial charge in [0.1, 0.15) is 0 Å². The van der Waals surface area contributed by atoms with E-state index in [-0.39, 0.29) is 6.04 Å². The van der Waals surface area contributed by atoms with Crippen molar-refractivity contribution in [2.45, 2.75) is 26.3 Å². The fourth-order valence-electron chi connectivity index (χ4n) is 1.47. The summed E-state index contributed by atoms with van der Waals surface area (Å²) < 4.78 is 0. The van der Waals surface area contributed by atoms with Crippen LogP contribution >= 0.6 is 0 Å². The lowest BCUT2D eigenvalue weighted by Gasteiger charge is -2.02. The predicted octanol–water partition coefficient (Wildman–Crippen LogP) is 3.96. The summed E-state index contributed by atoms with van der Waals surface area (Å²) in [6.07, 6.45) is 1.14. The standard InChI is InChI=1S/C8H11N.C8H10/c1-7(9)8-5-3-2-4-6-8;1-2-8-6-4-3-5-7-8/h2-7H,9H2,1H3;3-7H,2H2,1H3. The molecule has 0 spiro atoms. The minimum absolute atomic E-state index is 0.159. The van der Waals surface area contributed by atoms with Gasteiger partial charge in [-0.15, -0.1) is 0 Å². The van der Waals surface area contributed by atoms with Gasteiger partial charge in [0.15, 0.2) is 0 Å². The van der Waals surface area contributed by atoms with Gasteiger partial charge >= 0.3 is 0 Å². The Hall–Kier alpha value is -1.60. The molecule has 0 bridgehead atoms. The third-order valence-electron chi connectivity index (χ3n) is 2.58. The van der Waals surface area contributed by atoms with E-state index < -0.39 is 0 Å². The highest BCUT2D eigenvalue weighted by Gasteiger charge is 1.93. The second kappa shape index (κ2) is 7.64. The zero-order chi connectivity index (χ0) is 12.5. The van der Waals surface area contributed by atoms with Crippen LogP contribution in [0.5, 0.6) is 0 Å². The molecule has 1 unspecified atom stereocenters. The van der Waals surface area contributed by atoms with Crippen LogP contribution in [0.1, 0.15) is 31.0 Å². The van der Waals surface area contributed by atoms with Crippen LogP contribution in [0.4, 0.5) is 0 Å². The summed E-state index contributed by atoms with van der Waals surface area (Å²) in [5.74, 6) is 0. The molecule has 0 fully saturated rings. The largest absolute Gasteiger partial charge is 0.324 e. The molecule has 0 aliphatic heterocycles. The maximum absolute atomic E-state index is 5.61. The average Bonchev–Trinajstić information content (AvgIpc) is 2.41. The Morgan fingerprint density at radius 3 is 1.65 bits per heavy atom. The molecule has 0 saturated heterocycles. The first-order valence-corrected chi connectivity index (χ1v) is 6.08. The molecule has 0 saturated carbocycles. The van der Waals surface area contributed by atoms with Crippen molar-refractivity contribution >= 4 is 0 Å². The van der Waals surface area contributed by atoms with Crippen LogP contribution in [0.2, 0.25) is 0 Å². The first-order valence-electron chi connectivity index (χ1n) is 6.08. The van der Waals surface area contributed by atoms with E-state index in [1.54, 1.807) is 0 Å². The normalized spacial score (nSPS) is 11.2. The minimum Gasteiger partial charge on any atom is -0.324 e. The summed E-state index contributed by atoms with van der Waals surface area (Å²) in [6.45, 7) is 4.14. The minimum atomic E-state index is 0.159. The number of rotatable bonds is 2. The van der Waals surface area contributed by atoms with Crippen LogP contribution in [0, 0.1) is 0 Å². The second-order valence-electron chi connectivity index (χ2n) is 4.04. The molecule has 1 nitrogen and oxygen atoms in total. The fraction of sp³-hybridized carbons (Fsp3) is 0.250. The number of aryl methyl sites for hydroxylation is 1. The van der Waals surface area contributed by atoms with Crippen molar-refractivity contribution in [2.24, 2.45) is 5.73 Å². The van der Waals surface area contributed by atoms with Crippen molar-refractivity contribution < 1.29 is 0 Å². The smallest absolute Gasteiger partial charge is 0.0266 e. The molecule has 0 aliphatic rings. The van der Waals surface area contributed by atoms with E-state index in [2.05, 4.69) is 31.2 Å². The molecular weight excluding hydrogens is 206 g/mol. The molecule has 1 heteroatoms. The number of hydrogen-bond acceptors (Lipinski definition) is 1. The zero-order valence-corrected chi connectivity index (χ0v) is 10.6. The number of benzene rings is 2. The highest BCUT2D eigenvalue weighted by atomic mass is 14.6. The Morgan fingerprint density at radius 1 is 0.882 bits per heavy atom. The molecule has 0 heterocycles. The van der Waals surface area contributed by atoms with E-state index in [9.17, 15) is 0 Å². The van der Waals surface area contributed by atoms with Crippen molar-refractivity contribution in [1.82, 2.24) is 0 Å². The predicted molar refractivity (Wildman–Crippen MR) is 74.9 cm³/mol. The van der Waals surface area contributed by atoms with Crippen molar-refractivity contribution in [3.63, 3.8) is 0 Å². The highest BCUT2D eigenvalue weighted by molar-refractivity contribution is 5.17. The average molecular weight is 227 g/mol. The fourth-order valence-corrected chi connectivity index (χ4v) is 1.47. The van der Waals surface area contributed by atoms with Crippen LogP contribution < -0.4 is 5.73 Å². The number of hydrogen-bond donors (Lipinski definition) is 1. The molecule has 0 aliphatic carbocycles. The summed E-state index contributed by atoms with van der Waals surface area (Å²) in [6, 6.07) is 20.7. The maximum Gasteiger partial charge on any atom is 0.0266 e. The van der Waals surface area contributed by atoms with Crippen LogP contribution in [0.25, 0.3) is 0 Å². The Bertz CT molecular complexity index is 392. The van der Waals surface area contributed by atoms with Crippen LogP contribution in [-0.2, 0) is 6.42 Å². The summed E-state index contributed by atoms with van der Waals surface area (Å²) in [7, 11) is 0. The summed E-state index contributed by atoms with van der Waals surface area (Å²) in [5, 5.41) is 0. The molecule has 2 N–H and O–H groups in total. The van der Waals surface area contributed by atoms with Gasteiger partial charge in [0.05, 0.1) is 0 Å². The molecule has 0 radical (unpaired) electrons. The Labute approximate surface area is 104 Å². The summed E-state index contributed by atoms with van der Waals surface area (Å²) in [5.41, 5.74) is 8.22. The van der Waals surface area contributed by atoms with Crippen molar-refractivity contribution in [3.05, 3.63) is 71.8 Å². The monoisotopic (exact) mass is 227 g/mol. The molecule has 0 amide bonds.